The van der Waals surface area contributed by atoms with E-state index in [1.54, 1.807) is 24.4 Å². The van der Waals surface area contributed by atoms with Crippen molar-refractivity contribution >= 4 is 28.9 Å². The van der Waals surface area contributed by atoms with Crippen molar-refractivity contribution in [3.8, 4) is 0 Å². The fraction of sp³-hybridized carbons (Fsp3) is 0.346. The Bertz CT molecular complexity index is 1160. The number of thiocarbonyl (C=S) groups is 1. The molecule has 2 atom stereocenters. The number of benzene rings is 1. The van der Waals surface area contributed by atoms with Crippen molar-refractivity contribution < 1.29 is 9.18 Å². The van der Waals surface area contributed by atoms with E-state index in [1.807, 2.05) is 18.2 Å². The summed E-state index contributed by atoms with van der Waals surface area (Å²) in [7, 11) is 0. The van der Waals surface area contributed by atoms with Crippen molar-refractivity contribution in [2.45, 2.75) is 50.2 Å². The van der Waals surface area contributed by atoms with Gasteiger partial charge in [0.2, 0.25) is 5.91 Å². The van der Waals surface area contributed by atoms with Gasteiger partial charge in [0, 0.05) is 37.1 Å². The van der Waals surface area contributed by atoms with Gasteiger partial charge in [0.25, 0.3) is 0 Å². The topological polar surface area (TPSA) is 62.2 Å². The van der Waals surface area contributed by atoms with E-state index in [2.05, 4.69) is 43.4 Å². The summed E-state index contributed by atoms with van der Waals surface area (Å²) in [5.74, 6) is -0.698. The minimum Gasteiger partial charge on any atom is -0.352 e. The summed E-state index contributed by atoms with van der Waals surface area (Å²) in [5, 5.41) is 6.72. The van der Waals surface area contributed by atoms with Crippen LogP contribution in [0.15, 0.2) is 67.0 Å². The molecule has 2 fully saturated rings. The number of amides is 1. The third kappa shape index (κ3) is 4.55. The van der Waals surface area contributed by atoms with Crippen molar-refractivity contribution in [3.05, 3.63) is 84.2 Å². The third-order valence-corrected chi connectivity index (χ3v) is 7.11. The number of carbonyl (C=O) groups is 1. The maximum Gasteiger partial charge on any atom is 0.226 e. The molecule has 5 rings (SSSR count). The van der Waals surface area contributed by atoms with Crippen LogP contribution in [0.5, 0.6) is 0 Å². The van der Waals surface area contributed by atoms with Gasteiger partial charge in [-0.25, -0.2) is 4.39 Å². The summed E-state index contributed by atoms with van der Waals surface area (Å²) in [5.41, 5.74) is 2.27. The molecule has 2 aromatic heterocycles. The Morgan fingerprint density at radius 3 is 2.68 bits per heavy atom. The Labute approximate surface area is 204 Å². The number of aromatic nitrogens is 2. The van der Waals surface area contributed by atoms with E-state index in [9.17, 15) is 9.18 Å². The van der Waals surface area contributed by atoms with Gasteiger partial charge >= 0.3 is 0 Å². The molecule has 1 aliphatic heterocycles. The normalized spacial score (nSPS) is 20.5. The van der Waals surface area contributed by atoms with Gasteiger partial charge in [-0.1, -0.05) is 31.0 Å². The van der Waals surface area contributed by atoms with E-state index in [-0.39, 0.29) is 30.1 Å². The molecule has 1 aromatic carbocycles. The highest BCUT2D eigenvalue weighted by Crippen LogP contribution is 2.41. The largest absolute Gasteiger partial charge is 0.352 e. The van der Waals surface area contributed by atoms with E-state index in [0.29, 0.717) is 17.7 Å². The minimum atomic E-state index is -0.448. The average molecular weight is 478 g/mol. The monoisotopic (exact) mass is 477 g/mol. The van der Waals surface area contributed by atoms with E-state index in [1.165, 1.54) is 37.4 Å². The van der Waals surface area contributed by atoms with E-state index in [0.717, 1.165) is 5.69 Å². The predicted molar refractivity (Wildman–Crippen MR) is 134 cm³/mol. The molecule has 0 radical (unpaired) electrons. The Morgan fingerprint density at radius 1 is 1.12 bits per heavy atom. The minimum absolute atomic E-state index is 0.0979. The van der Waals surface area contributed by atoms with Gasteiger partial charge < -0.3 is 20.1 Å². The SMILES string of the molecule is O=C(CCN1C(=S)N[C@H](c2ccccn2)[C@H]1c1cccn1C1CCCC1)Nc1ccccc1F. The molecule has 1 amide bonds. The van der Waals surface area contributed by atoms with E-state index in [4.69, 9.17) is 12.2 Å². The standard InChI is InChI=1S/C26H28FN5OS/c27-19-10-3-4-11-20(19)29-23(33)14-17-32-25(22-13-7-16-31(22)18-8-1-2-9-18)24(30-26(32)34)21-12-5-6-15-28-21/h3-7,10-13,15-16,18,24-25H,1-2,8-9,14,17H2,(H,29,33)(H,30,34)/t24-,25-/m1/s1. The van der Waals surface area contributed by atoms with Gasteiger partial charge in [-0.2, -0.15) is 0 Å². The zero-order valence-corrected chi connectivity index (χ0v) is 19.7. The van der Waals surface area contributed by atoms with Crippen LogP contribution in [0.4, 0.5) is 10.1 Å². The van der Waals surface area contributed by atoms with Crippen LogP contribution in [0.2, 0.25) is 0 Å². The molecule has 0 spiro atoms. The quantitative estimate of drug-likeness (QED) is 0.462. The van der Waals surface area contributed by atoms with Gasteiger partial charge in [0.15, 0.2) is 5.11 Å². The highest BCUT2D eigenvalue weighted by atomic mass is 32.1. The molecule has 34 heavy (non-hydrogen) atoms. The molecule has 3 aromatic rings. The Morgan fingerprint density at radius 2 is 1.91 bits per heavy atom. The van der Waals surface area contributed by atoms with Crippen molar-refractivity contribution in [1.29, 1.82) is 0 Å². The van der Waals surface area contributed by atoms with Crippen LogP contribution in [-0.2, 0) is 4.79 Å². The lowest BCUT2D eigenvalue weighted by molar-refractivity contribution is -0.116. The molecular formula is C26H28FN5OS. The van der Waals surface area contributed by atoms with Gasteiger partial charge in [0.05, 0.1) is 23.5 Å². The second kappa shape index (κ2) is 9.93. The Hall–Kier alpha value is -3.26. The summed E-state index contributed by atoms with van der Waals surface area (Å²) >= 11 is 5.74. The number of pyridine rings is 1. The fourth-order valence-corrected chi connectivity index (χ4v) is 5.47. The highest BCUT2D eigenvalue weighted by Gasteiger charge is 2.41. The zero-order chi connectivity index (χ0) is 23.5. The number of halogens is 1. The van der Waals surface area contributed by atoms with Crippen LogP contribution in [0.25, 0.3) is 0 Å². The molecular weight excluding hydrogens is 449 g/mol. The number of nitrogens with zero attached hydrogens (tertiary/aromatic N) is 3. The maximum absolute atomic E-state index is 14.0. The highest BCUT2D eigenvalue weighted by molar-refractivity contribution is 7.80. The molecule has 2 N–H and O–H groups in total. The first-order valence-electron chi connectivity index (χ1n) is 11.8. The van der Waals surface area contributed by atoms with E-state index < -0.39 is 5.82 Å². The number of nitrogens with one attached hydrogen (secondary N) is 2. The lowest BCUT2D eigenvalue weighted by Gasteiger charge is -2.30. The molecule has 1 aliphatic carbocycles. The second-order valence-electron chi connectivity index (χ2n) is 8.88. The number of para-hydroxylation sites is 1. The van der Waals surface area contributed by atoms with Gasteiger partial charge in [-0.05, 0) is 61.5 Å². The lowest BCUT2D eigenvalue weighted by atomic mass is 10.0. The molecule has 176 valence electrons. The molecule has 0 unspecified atom stereocenters. The van der Waals surface area contributed by atoms with Gasteiger partial charge in [-0.3, -0.25) is 9.78 Å². The summed E-state index contributed by atoms with van der Waals surface area (Å²) in [4.78, 5) is 19.3. The third-order valence-electron chi connectivity index (χ3n) is 6.76. The van der Waals surface area contributed by atoms with Gasteiger partial charge in [-0.15, -0.1) is 0 Å². The van der Waals surface area contributed by atoms with Gasteiger partial charge in [0.1, 0.15) is 5.82 Å². The molecule has 2 aliphatic rings. The first-order valence-corrected chi connectivity index (χ1v) is 12.2. The molecule has 3 heterocycles. The summed E-state index contributed by atoms with van der Waals surface area (Å²) in [6, 6.07) is 16.6. The lowest BCUT2D eigenvalue weighted by Crippen LogP contribution is -2.33. The molecule has 8 heteroatoms. The average Bonchev–Trinajstić information content (AvgIpc) is 3.59. The first kappa shape index (κ1) is 22.5. The molecule has 1 saturated carbocycles. The molecule has 6 nitrogen and oxygen atoms in total. The van der Waals surface area contributed by atoms with Crippen LogP contribution in [0, 0.1) is 5.82 Å². The number of anilines is 1. The van der Waals surface area contributed by atoms with Crippen molar-refractivity contribution in [1.82, 2.24) is 19.8 Å². The summed E-state index contributed by atoms with van der Waals surface area (Å²) in [6.45, 7) is 0.413. The van der Waals surface area contributed by atoms with Crippen LogP contribution >= 0.6 is 12.2 Å². The van der Waals surface area contributed by atoms with Crippen LogP contribution in [0.1, 0.15) is 61.6 Å². The van der Waals surface area contributed by atoms with Crippen LogP contribution in [0.3, 0.4) is 0 Å². The molecule has 0 bridgehead atoms. The van der Waals surface area contributed by atoms with Crippen molar-refractivity contribution in [2.75, 3.05) is 11.9 Å². The number of hydrogen-bond acceptors (Lipinski definition) is 3. The van der Waals surface area contributed by atoms with Crippen LogP contribution in [-0.4, -0.2) is 32.0 Å². The number of carbonyl (C=O) groups excluding carboxylic acids is 1. The summed E-state index contributed by atoms with van der Waals surface area (Å²) in [6.07, 6.45) is 8.96. The second-order valence-corrected chi connectivity index (χ2v) is 9.26. The summed E-state index contributed by atoms with van der Waals surface area (Å²) < 4.78 is 16.4. The van der Waals surface area contributed by atoms with E-state index >= 15 is 0 Å². The number of hydrogen-bond donors (Lipinski definition) is 2. The maximum atomic E-state index is 14.0. The smallest absolute Gasteiger partial charge is 0.226 e. The fourth-order valence-electron chi connectivity index (χ4n) is 5.14. The van der Waals surface area contributed by atoms with Crippen LogP contribution < -0.4 is 10.6 Å². The number of rotatable bonds is 7. The van der Waals surface area contributed by atoms with Crippen molar-refractivity contribution in [3.63, 3.8) is 0 Å². The Balaban J connectivity index is 1.40. The first-order chi connectivity index (χ1) is 16.6. The zero-order valence-electron chi connectivity index (χ0n) is 18.9. The Kier molecular flexibility index (Phi) is 6.58. The van der Waals surface area contributed by atoms with Crippen molar-refractivity contribution in [2.24, 2.45) is 0 Å². The predicted octanol–water partition coefficient (Wildman–Crippen LogP) is 5.14. The molecule has 1 saturated heterocycles.